The first-order valence-electron chi connectivity index (χ1n) is 8.34. The molecule has 24 heavy (non-hydrogen) atoms. The Balaban J connectivity index is 1.52. The standard InChI is InChI=1S/C17H24N4O2S/c1-15(14-20-11-5-10-18-20)19-16-8-12-21(13-9-16)24(22,23)17-6-3-2-4-7-17/h2-7,10-11,15-16,19H,8-9,12-14H2,1H3/t15-/m0/s1. The summed E-state index contributed by atoms with van der Waals surface area (Å²) in [6, 6.07) is 11.2. The molecule has 1 N–H and O–H groups in total. The minimum absolute atomic E-state index is 0.298. The maximum atomic E-state index is 12.6. The molecule has 7 heteroatoms. The van der Waals surface area contributed by atoms with Crippen LogP contribution in [0, 0.1) is 0 Å². The monoisotopic (exact) mass is 348 g/mol. The van der Waals surface area contributed by atoms with Crippen LogP contribution in [-0.2, 0) is 16.6 Å². The molecule has 1 aromatic heterocycles. The Hall–Kier alpha value is -1.70. The van der Waals surface area contributed by atoms with Gasteiger partial charge in [0, 0.05) is 37.6 Å². The summed E-state index contributed by atoms with van der Waals surface area (Å²) in [4.78, 5) is 0.378. The maximum absolute atomic E-state index is 12.6. The molecule has 0 spiro atoms. The molecule has 6 nitrogen and oxygen atoms in total. The topological polar surface area (TPSA) is 67.2 Å². The van der Waals surface area contributed by atoms with Gasteiger partial charge >= 0.3 is 0 Å². The fourth-order valence-corrected chi connectivity index (χ4v) is 4.64. The summed E-state index contributed by atoms with van der Waals surface area (Å²) in [5.74, 6) is 0. The van der Waals surface area contributed by atoms with E-state index >= 15 is 0 Å². The fraction of sp³-hybridized carbons (Fsp3) is 0.471. The first-order chi connectivity index (χ1) is 11.6. The molecule has 0 unspecified atom stereocenters. The van der Waals surface area contributed by atoms with Crippen LogP contribution in [0.1, 0.15) is 19.8 Å². The second-order valence-electron chi connectivity index (χ2n) is 6.29. The smallest absolute Gasteiger partial charge is 0.243 e. The third-order valence-corrected chi connectivity index (χ3v) is 6.29. The summed E-state index contributed by atoms with van der Waals surface area (Å²) >= 11 is 0. The molecule has 1 aliphatic rings. The third-order valence-electron chi connectivity index (χ3n) is 4.38. The van der Waals surface area contributed by atoms with Gasteiger partial charge in [-0.05, 0) is 38.0 Å². The Morgan fingerprint density at radius 2 is 1.92 bits per heavy atom. The molecule has 2 heterocycles. The van der Waals surface area contributed by atoms with Gasteiger partial charge in [-0.15, -0.1) is 0 Å². The highest BCUT2D eigenvalue weighted by Gasteiger charge is 2.29. The summed E-state index contributed by atoms with van der Waals surface area (Å²) < 4.78 is 28.7. The quantitative estimate of drug-likeness (QED) is 0.863. The van der Waals surface area contributed by atoms with Gasteiger partial charge in [-0.2, -0.15) is 9.40 Å². The van der Waals surface area contributed by atoms with Crippen LogP contribution in [0.2, 0.25) is 0 Å². The van der Waals surface area contributed by atoms with Gasteiger partial charge in [0.1, 0.15) is 0 Å². The van der Waals surface area contributed by atoms with E-state index in [-0.39, 0.29) is 0 Å². The number of aromatic nitrogens is 2. The van der Waals surface area contributed by atoms with Crippen molar-refractivity contribution in [1.82, 2.24) is 19.4 Å². The van der Waals surface area contributed by atoms with Gasteiger partial charge in [0.2, 0.25) is 10.0 Å². The highest BCUT2D eigenvalue weighted by molar-refractivity contribution is 7.89. The normalized spacial score (nSPS) is 18.5. The first-order valence-corrected chi connectivity index (χ1v) is 9.78. The van der Waals surface area contributed by atoms with Crippen molar-refractivity contribution in [3.8, 4) is 0 Å². The van der Waals surface area contributed by atoms with E-state index in [9.17, 15) is 8.42 Å². The Bertz CT molecular complexity index is 723. The number of sulfonamides is 1. The lowest BCUT2D eigenvalue weighted by Crippen LogP contribution is -2.47. The third kappa shape index (κ3) is 4.03. The van der Waals surface area contributed by atoms with Crippen LogP contribution in [0.3, 0.4) is 0 Å². The number of benzene rings is 1. The van der Waals surface area contributed by atoms with E-state index in [0.717, 1.165) is 19.4 Å². The van der Waals surface area contributed by atoms with E-state index in [1.165, 1.54) is 0 Å². The van der Waals surface area contributed by atoms with Crippen LogP contribution >= 0.6 is 0 Å². The summed E-state index contributed by atoms with van der Waals surface area (Å²) in [7, 11) is -3.36. The molecular formula is C17H24N4O2S. The van der Waals surface area contributed by atoms with Crippen LogP contribution in [0.5, 0.6) is 0 Å². The van der Waals surface area contributed by atoms with E-state index in [2.05, 4.69) is 17.3 Å². The highest BCUT2D eigenvalue weighted by atomic mass is 32.2. The number of nitrogens with one attached hydrogen (secondary N) is 1. The van der Waals surface area contributed by atoms with E-state index < -0.39 is 10.0 Å². The molecule has 130 valence electrons. The fourth-order valence-electron chi connectivity index (χ4n) is 3.15. The molecule has 1 aromatic carbocycles. The molecule has 0 saturated carbocycles. The minimum Gasteiger partial charge on any atom is -0.310 e. The molecule has 3 rings (SSSR count). The Morgan fingerprint density at radius 1 is 1.21 bits per heavy atom. The zero-order valence-corrected chi connectivity index (χ0v) is 14.7. The minimum atomic E-state index is -3.36. The average Bonchev–Trinajstić information content (AvgIpc) is 3.09. The lowest BCUT2D eigenvalue weighted by Gasteiger charge is -2.33. The Morgan fingerprint density at radius 3 is 2.54 bits per heavy atom. The lowest BCUT2D eigenvalue weighted by atomic mass is 10.1. The number of piperidine rings is 1. The molecule has 1 fully saturated rings. The zero-order chi connectivity index (χ0) is 17.0. The number of hydrogen-bond donors (Lipinski definition) is 1. The van der Waals surface area contributed by atoms with Gasteiger partial charge in [0.15, 0.2) is 0 Å². The summed E-state index contributed by atoms with van der Waals surface area (Å²) in [6.45, 7) is 4.07. The van der Waals surface area contributed by atoms with Crippen LogP contribution in [0.15, 0.2) is 53.7 Å². The number of hydrogen-bond acceptors (Lipinski definition) is 4. The van der Waals surface area contributed by atoms with Crippen molar-refractivity contribution in [2.45, 2.75) is 43.3 Å². The van der Waals surface area contributed by atoms with Crippen LogP contribution < -0.4 is 5.32 Å². The van der Waals surface area contributed by atoms with Crippen molar-refractivity contribution < 1.29 is 8.42 Å². The molecule has 0 amide bonds. The van der Waals surface area contributed by atoms with Gasteiger partial charge < -0.3 is 5.32 Å². The van der Waals surface area contributed by atoms with Crippen molar-refractivity contribution in [2.75, 3.05) is 13.1 Å². The maximum Gasteiger partial charge on any atom is 0.243 e. The summed E-state index contributed by atoms with van der Waals surface area (Å²) in [5.41, 5.74) is 0. The van der Waals surface area contributed by atoms with Gasteiger partial charge in [0.05, 0.1) is 11.4 Å². The molecule has 1 saturated heterocycles. The largest absolute Gasteiger partial charge is 0.310 e. The van der Waals surface area contributed by atoms with Gasteiger partial charge in [-0.3, -0.25) is 4.68 Å². The van der Waals surface area contributed by atoms with Crippen molar-refractivity contribution in [3.05, 3.63) is 48.8 Å². The molecule has 2 aromatic rings. The predicted molar refractivity (Wildman–Crippen MR) is 93.0 cm³/mol. The van der Waals surface area contributed by atoms with Crippen LogP contribution in [-0.4, -0.2) is 47.7 Å². The van der Waals surface area contributed by atoms with E-state index in [0.29, 0.717) is 30.1 Å². The van der Waals surface area contributed by atoms with Gasteiger partial charge in [-0.1, -0.05) is 18.2 Å². The molecule has 1 atom stereocenters. The second-order valence-corrected chi connectivity index (χ2v) is 8.23. The zero-order valence-electron chi connectivity index (χ0n) is 13.9. The summed E-state index contributed by atoms with van der Waals surface area (Å²) in [5, 5.41) is 7.80. The SMILES string of the molecule is C[C@@H](Cn1cccn1)NC1CCN(S(=O)(=O)c2ccccc2)CC1. The second kappa shape index (κ2) is 7.46. The van der Waals surface area contributed by atoms with E-state index in [1.54, 1.807) is 34.8 Å². The Kier molecular flexibility index (Phi) is 5.33. The highest BCUT2D eigenvalue weighted by Crippen LogP contribution is 2.20. The average molecular weight is 348 g/mol. The first kappa shape index (κ1) is 17.1. The van der Waals surface area contributed by atoms with Crippen LogP contribution in [0.25, 0.3) is 0 Å². The van der Waals surface area contributed by atoms with Crippen molar-refractivity contribution >= 4 is 10.0 Å². The van der Waals surface area contributed by atoms with Crippen molar-refractivity contribution in [3.63, 3.8) is 0 Å². The van der Waals surface area contributed by atoms with E-state index in [1.807, 2.05) is 23.0 Å². The van der Waals surface area contributed by atoms with Crippen molar-refractivity contribution in [2.24, 2.45) is 0 Å². The number of rotatable bonds is 6. The van der Waals surface area contributed by atoms with Crippen LogP contribution in [0.4, 0.5) is 0 Å². The van der Waals surface area contributed by atoms with Gasteiger partial charge in [-0.25, -0.2) is 8.42 Å². The van der Waals surface area contributed by atoms with Gasteiger partial charge in [0.25, 0.3) is 0 Å². The molecule has 0 bridgehead atoms. The predicted octanol–water partition coefficient (Wildman–Crippen LogP) is 1.71. The van der Waals surface area contributed by atoms with E-state index in [4.69, 9.17) is 0 Å². The number of nitrogens with zero attached hydrogens (tertiary/aromatic N) is 3. The molecule has 0 radical (unpaired) electrons. The molecule has 1 aliphatic heterocycles. The van der Waals surface area contributed by atoms with Crippen molar-refractivity contribution in [1.29, 1.82) is 0 Å². The molecular weight excluding hydrogens is 324 g/mol. The summed E-state index contributed by atoms with van der Waals surface area (Å²) in [6.07, 6.45) is 5.39. The molecule has 0 aliphatic carbocycles. The lowest BCUT2D eigenvalue weighted by molar-refractivity contribution is 0.268. The Labute approximate surface area is 143 Å².